The van der Waals surface area contributed by atoms with Crippen LogP contribution >= 0.6 is 0 Å². The van der Waals surface area contributed by atoms with Crippen LogP contribution in [0.25, 0.3) is 50.7 Å². The molecule has 0 saturated carbocycles. The van der Waals surface area contributed by atoms with Gasteiger partial charge in [0.25, 0.3) is 0 Å². The normalized spacial score (nSPS) is 15.9. The van der Waals surface area contributed by atoms with Gasteiger partial charge in [0.1, 0.15) is 5.52 Å². The minimum absolute atomic E-state index is 0.291. The number of fused-ring (bicyclic) bond motifs is 2. The van der Waals surface area contributed by atoms with Gasteiger partial charge in [0.2, 0.25) is 12.3 Å². The summed E-state index contributed by atoms with van der Waals surface area (Å²) >= 11 is 0. The highest BCUT2D eigenvalue weighted by Crippen LogP contribution is 2.37. The lowest BCUT2D eigenvalue weighted by Crippen LogP contribution is -2.19. The first kappa shape index (κ1) is 30.8. The Balaban J connectivity index is 1.12. The van der Waals surface area contributed by atoms with Gasteiger partial charge in [-0.25, -0.2) is 23.3 Å². The molecular weight excluding hydrogens is 606 g/mol. The van der Waals surface area contributed by atoms with Gasteiger partial charge in [-0.05, 0) is 129 Å². The maximum absolute atomic E-state index is 13.6. The molecular formula is C39H40F2N6O. The maximum Gasteiger partial charge on any atom is 0.242 e. The fraction of sp³-hybridized carbons (Fsp3) is 0.359. The molecule has 5 heterocycles. The molecule has 0 radical (unpaired) electrons. The quantitative estimate of drug-likeness (QED) is 0.157. The van der Waals surface area contributed by atoms with Crippen LogP contribution in [0.2, 0.25) is 0 Å². The van der Waals surface area contributed by atoms with E-state index in [-0.39, 0.29) is 6.42 Å². The minimum Gasteiger partial charge on any atom is -0.436 e. The number of benzene rings is 3. The molecule has 0 spiro atoms. The molecule has 0 aliphatic carbocycles. The van der Waals surface area contributed by atoms with Crippen molar-refractivity contribution in [2.45, 2.75) is 65.5 Å². The first-order valence-electron chi connectivity index (χ1n) is 17.1. The van der Waals surface area contributed by atoms with Crippen molar-refractivity contribution in [1.82, 2.24) is 29.4 Å². The zero-order valence-electron chi connectivity index (χ0n) is 27.6. The zero-order chi connectivity index (χ0) is 32.8. The van der Waals surface area contributed by atoms with Crippen LogP contribution in [0.4, 0.5) is 8.78 Å². The topological polar surface area (TPSA) is 62.7 Å². The lowest BCUT2D eigenvalue weighted by molar-refractivity contribution is 0.148. The van der Waals surface area contributed by atoms with Gasteiger partial charge < -0.3 is 4.42 Å². The Bertz CT molecular complexity index is 2110. The van der Waals surface area contributed by atoms with Gasteiger partial charge in [-0.15, -0.1) is 5.10 Å². The Morgan fingerprint density at radius 3 is 2.08 bits per heavy atom. The Morgan fingerprint density at radius 2 is 1.38 bits per heavy atom. The lowest BCUT2D eigenvalue weighted by Gasteiger charge is -2.17. The average Bonchev–Trinajstić information content (AvgIpc) is 3.89. The second-order valence-corrected chi connectivity index (χ2v) is 13.4. The summed E-state index contributed by atoms with van der Waals surface area (Å²) in [7, 11) is 0. The van der Waals surface area contributed by atoms with Crippen molar-refractivity contribution in [2.75, 3.05) is 26.2 Å². The van der Waals surface area contributed by atoms with E-state index >= 15 is 0 Å². The molecule has 0 amide bonds. The minimum atomic E-state index is -2.42. The summed E-state index contributed by atoms with van der Waals surface area (Å²) in [6.07, 6.45) is 4.22. The molecule has 2 fully saturated rings. The summed E-state index contributed by atoms with van der Waals surface area (Å²) in [5.74, 6) is 1.19. The first-order valence-corrected chi connectivity index (χ1v) is 17.1. The van der Waals surface area contributed by atoms with Gasteiger partial charge in [-0.3, -0.25) is 9.80 Å². The second kappa shape index (κ2) is 12.9. The summed E-state index contributed by atoms with van der Waals surface area (Å²) in [5, 5.41) is 4.90. The molecule has 0 unspecified atom stereocenters. The van der Waals surface area contributed by atoms with E-state index in [1.807, 2.05) is 22.7 Å². The Morgan fingerprint density at radius 1 is 0.729 bits per heavy atom. The first-order chi connectivity index (χ1) is 23.4. The Labute approximate surface area is 279 Å². The van der Waals surface area contributed by atoms with Crippen molar-refractivity contribution >= 4 is 16.7 Å². The van der Waals surface area contributed by atoms with Gasteiger partial charge in [-0.2, -0.15) is 0 Å². The van der Waals surface area contributed by atoms with Crippen molar-refractivity contribution < 1.29 is 13.2 Å². The van der Waals surface area contributed by atoms with E-state index in [1.54, 1.807) is 6.07 Å². The number of likely N-dealkylation sites (tertiary alicyclic amines) is 2. The van der Waals surface area contributed by atoms with Gasteiger partial charge >= 0.3 is 0 Å². The molecule has 2 aliphatic heterocycles. The number of alkyl halides is 2. The standard InChI is InChI=1S/C39H40F2N6O/c1-25-30(9-7-11-32(25)38-43-37-14-13-27(23-47(37)44-38)22-45-15-3-4-16-45)31-10-8-12-33(26(31)2)39-42-34-19-29(24-46-17-5-6-18-46)28(21-36(40)41)20-35(34)48-39/h7-14,19-20,23,36H,3-6,15-18,21-22,24H2,1-2H3. The fourth-order valence-electron chi connectivity index (χ4n) is 7.52. The number of halogens is 2. The van der Waals surface area contributed by atoms with Crippen molar-refractivity contribution in [3.05, 3.63) is 94.7 Å². The Kier molecular flexibility index (Phi) is 8.26. The van der Waals surface area contributed by atoms with Crippen LogP contribution in [0.3, 0.4) is 0 Å². The van der Waals surface area contributed by atoms with Crippen LogP contribution in [0, 0.1) is 13.8 Å². The third kappa shape index (κ3) is 6.01. The third-order valence-corrected chi connectivity index (χ3v) is 10.1. The van der Waals surface area contributed by atoms with Crippen molar-refractivity contribution in [1.29, 1.82) is 0 Å². The van der Waals surface area contributed by atoms with Gasteiger partial charge in [0.15, 0.2) is 17.1 Å². The number of aromatic nitrogens is 4. The molecule has 8 rings (SSSR count). The number of oxazole rings is 1. The summed E-state index contributed by atoms with van der Waals surface area (Å²) < 4.78 is 35.3. The van der Waals surface area contributed by atoms with E-state index in [2.05, 4.69) is 66.2 Å². The predicted octanol–water partition coefficient (Wildman–Crippen LogP) is 8.49. The van der Waals surface area contributed by atoms with E-state index in [1.165, 1.54) is 18.4 Å². The van der Waals surface area contributed by atoms with Crippen LogP contribution in [0.1, 0.15) is 53.5 Å². The zero-order valence-corrected chi connectivity index (χ0v) is 27.6. The van der Waals surface area contributed by atoms with Crippen LogP contribution in [0.15, 0.2) is 71.3 Å². The molecule has 0 N–H and O–H groups in total. The smallest absolute Gasteiger partial charge is 0.242 e. The second-order valence-electron chi connectivity index (χ2n) is 13.4. The fourth-order valence-corrected chi connectivity index (χ4v) is 7.52. The van der Waals surface area contributed by atoms with E-state index in [4.69, 9.17) is 19.5 Å². The number of hydrogen-bond acceptors (Lipinski definition) is 6. The molecule has 0 bridgehead atoms. The van der Waals surface area contributed by atoms with Crippen LogP contribution in [0.5, 0.6) is 0 Å². The molecule has 48 heavy (non-hydrogen) atoms. The van der Waals surface area contributed by atoms with Crippen LogP contribution in [-0.2, 0) is 19.5 Å². The molecule has 0 atom stereocenters. The number of pyridine rings is 1. The van der Waals surface area contributed by atoms with Crippen molar-refractivity contribution in [3.8, 4) is 34.0 Å². The van der Waals surface area contributed by atoms with E-state index in [9.17, 15) is 8.78 Å². The van der Waals surface area contributed by atoms with Gasteiger partial charge in [0, 0.05) is 36.8 Å². The van der Waals surface area contributed by atoms with Crippen molar-refractivity contribution in [2.24, 2.45) is 0 Å². The molecule has 6 aromatic rings. The number of nitrogens with zero attached hydrogens (tertiary/aromatic N) is 6. The molecule has 3 aromatic heterocycles. The SMILES string of the molecule is Cc1c(-c2nc3ccc(CN4CCCC4)cn3n2)cccc1-c1cccc(-c2nc3cc(CN4CCCC4)c(CC(F)F)cc3o2)c1C. The van der Waals surface area contributed by atoms with Crippen molar-refractivity contribution in [3.63, 3.8) is 0 Å². The van der Waals surface area contributed by atoms with Crippen LogP contribution in [-0.4, -0.2) is 62.0 Å². The van der Waals surface area contributed by atoms with E-state index in [0.717, 1.165) is 90.2 Å². The van der Waals surface area contributed by atoms with Gasteiger partial charge in [-0.1, -0.05) is 36.4 Å². The predicted molar refractivity (Wildman–Crippen MR) is 185 cm³/mol. The summed E-state index contributed by atoms with van der Waals surface area (Å²) in [5.41, 5.74) is 11.0. The number of rotatable bonds is 9. The average molecular weight is 647 g/mol. The largest absolute Gasteiger partial charge is 0.436 e. The summed E-state index contributed by atoms with van der Waals surface area (Å²) in [4.78, 5) is 14.6. The molecule has 246 valence electrons. The molecule has 7 nitrogen and oxygen atoms in total. The highest BCUT2D eigenvalue weighted by Gasteiger charge is 2.21. The summed E-state index contributed by atoms with van der Waals surface area (Å²) in [6, 6.07) is 20.3. The maximum atomic E-state index is 13.6. The monoisotopic (exact) mass is 646 g/mol. The molecule has 3 aromatic carbocycles. The highest BCUT2D eigenvalue weighted by atomic mass is 19.3. The third-order valence-electron chi connectivity index (χ3n) is 10.1. The molecule has 9 heteroatoms. The van der Waals surface area contributed by atoms with Crippen LogP contribution < -0.4 is 0 Å². The van der Waals surface area contributed by atoms with E-state index in [0.29, 0.717) is 34.9 Å². The lowest BCUT2D eigenvalue weighted by atomic mass is 9.91. The molecule has 2 saturated heterocycles. The van der Waals surface area contributed by atoms with Gasteiger partial charge in [0.05, 0.1) is 0 Å². The van der Waals surface area contributed by atoms with E-state index < -0.39 is 6.43 Å². The summed E-state index contributed by atoms with van der Waals surface area (Å²) in [6.45, 7) is 10.1. The number of hydrogen-bond donors (Lipinski definition) is 0. The highest BCUT2D eigenvalue weighted by molar-refractivity contribution is 5.84. The molecule has 2 aliphatic rings. The Hall–Kier alpha value is -4.47.